The lowest BCUT2D eigenvalue weighted by atomic mass is 10.2. The van der Waals surface area contributed by atoms with Crippen LogP contribution < -0.4 is 0 Å². The van der Waals surface area contributed by atoms with Crippen LogP contribution in [0.4, 0.5) is 0 Å². The third-order valence-corrected chi connectivity index (χ3v) is 3.59. The SMILES string of the molecule is N#CCCCSc1nnc(-c2ccc(Br)cc2)o1. The zero-order valence-corrected chi connectivity index (χ0v) is 11.9. The second-order valence-electron chi connectivity index (χ2n) is 3.49. The lowest BCUT2D eigenvalue weighted by molar-refractivity contribution is 0.466. The molecule has 1 heterocycles. The first kappa shape index (κ1) is 13.1. The number of thioether (sulfide) groups is 1. The van der Waals surface area contributed by atoms with Crippen LogP contribution in [0, 0.1) is 11.3 Å². The molecule has 0 unspecified atom stereocenters. The maximum atomic E-state index is 8.42. The first-order valence-corrected chi connectivity index (χ1v) is 7.16. The molecule has 0 radical (unpaired) electrons. The molecule has 0 atom stereocenters. The molecule has 0 bridgehead atoms. The Balaban J connectivity index is 1.97. The fourth-order valence-electron chi connectivity index (χ4n) is 1.29. The van der Waals surface area contributed by atoms with E-state index in [9.17, 15) is 0 Å². The monoisotopic (exact) mass is 323 g/mol. The number of benzene rings is 1. The second-order valence-corrected chi connectivity index (χ2v) is 5.45. The third-order valence-electron chi connectivity index (χ3n) is 2.16. The maximum absolute atomic E-state index is 8.42. The van der Waals surface area contributed by atoms with Gasteiger partial charge in [-0.25, -0.2) is 0 Å². The van der Waals surface area contributed by atoms with E-state index in [0.717, 1.165) is 22.2 Å². The summed E-state index contributed by atoms with van der Waals surface area (Å²) in [5, 5.41) is 16.9. The van der Waals surface area contributed by atoms with Crippen molar-refractivity contribution >= 4 is 27.7 Å². The van der Waals surface area contributed by atoms with Gasteiger partial charge in [0.1, 0.15) is 0 Å². The lowest BCUT2D eigenvalue weighted by Crippen LogP contribution is -1.78. The van der Waals surface area contributed by atoms with Crippen LogP contribution in [0.3, 0.4) is 0 Å². The van der Waals surface area contributed by atoms with Gasteiger partial charge < -0.3 is 4.42 Å². The van der Waals surface area contributed by atoms with E-state index in [0.29, 0.717) is 17.5 Å². The molecular formula is C12H10BrN3OS. The van der Waals surface area contributed by atoms with Crippen LogP contribution in [0.1, 0.15) is 12.8 Å². The van der Waals surface area contributed by atoms with Gasteiger partial charge in [-0.3, -0.25) is 0 Å². The number of nitriles is 1. The number of rotatable bonds is 5. The van der Waals surface area contributed by atoms with Crippen LogP contribution >= 0.6 is 27.7 Å². The summed E-state index contributed by atoms with van der Waals surface area (Å²) in [5.74, 6) is 1.33. The van der Waals surface area contributed by atoms with Crippen molar-refractivity contribution in [1.82, 2.24) is 10.2 Å². The van der Waals surface area contributed by atoms with Crippen molar-refractivity contribution in [2.24, 2.45) is 0 Å². The molecule has 2 aromatic rings. The summed E-state index contributed by atoms with van der Waals surface area (Å²) in [6.45, 7) is 0. The van der Waals surface area contributed by atoms with E-state index in [4.69, 9.17) is 9.68 Å². The highest BCUT2D eigenvalue weighted by Gasteiger charge is 2.08. The molecule has 0 saturated carbocycles. The van der Waals surface area contributed by atoms with Gasteiger partial charge >= 0.3 is 0 Å². The summed E-state index contributed by atoms with van der Waals surface area (Å²) < 4.78 is 6.54. The van der Waals surface area contributed by atoms with Gasteiger partial charge in [0, 0.05) is 22.2 Å². The molecule has 0 aliphatic heterocycles. The van der Waals surface area contributed by atoms with Crippen molar-refractivity contribution in [1.29, 1.82) is 5.26 Å². The number of nitrogens with zero attached hydrogens (tertiary/aromatic N) is 3. The number of aromatic nitrogens is 2. The predicted molar refractivity (Wildman–Crippen MR) is 73.0 cm³/mol. The van der Waals surface area contributed by atoms with Gasteiger partial charge in [-0.15, -0.1) is 10.2 Å². The van der Waals surface area contributed by atoms with E-state index in [1.807, 2.05) is 24.3 Å². The van der Waals surface area contributed by atoms with Crippen LogP contribution in [-0.4, -0.2) is 16.0 Å². The first-order valence-electron chi connectivity index (χ1n) is 5.39. The molecule has 0 N–H and O–H groups in total. The molecule has 0 fully saturated rings. The van der Waals surface area contributed by atoms with Crippen molar-refractivity contribution in [3.8, 4) is 17.5 Å². The Bertz CT molecular complexity index is 547. The summed E-state index contributed by atoms with van der Waals surface area (Å²) >= 11 is 4.85. The van der Waals surface area contributed by atoms with E-state index < -0.39 is 0 Å². The third kappa shape index (κ3) is 3.59. The number of halogens is 1. The molecule has 1 aromatic heterocycles. The summed E-state index contributed by atoms with van der Waals surface area (Å²) in [6.07, 6.45) is 1.39. The molecule has 18 heavy (non-hydrogen) atoms. The van der Waals surface area contributed by atoms with Gasteiger partial charge in [0.15, 0.2) is 0 Å². The fourth-order valence-corrected chi connectivity index (χ4v) is 2.25. The highest BCUT2D eigenvalue weighted by molar-refractivity contribution is 9.10. The Kier molecular flexibility index (Phi) is 4.79. The van der Waals surface area contributed by atoms with Crippen LogP contribution in [-0.2, 0) is 0 Å². The number of hydrogen-bond acceptors (Lipinski definition) is 5. The lowest BCUT2D eigenvalue weighted by Gasteiger charge is -1.94. The van der Waals surface area contributed by atoms with Crippen LogP contribution in [0.2, 0.25) is 0 Å². The summed E-state index contributed by atoms with van der Waals surface area (Å²) in [6, 6.07) is 9.80. The largest absolute Gasteiger partial charge is 0.411 e. The molecule has 0 aliphatic carbocycles. The summed E-state index contributed by atoms with van der Waals surface area (Å²) in [5.41, 5.74) is 0.898. The highest BCUT2D eigenvalue weighted by Crippen LogP contribution is 2.24. The molecule has 92 valence electrons. The van der Waals surface area contributed by atoms with Gasteiger partial charge in [-0.1, -0.05) is 27.7 Å². The van der Waals surface area contributed by atoms with Gasteiger partial charge in [0.25, 0.3) is 5.22 Å². The predicted octanol–water partition coefficient (Wildman–Crippen LogP) is 3.89. The molecule has 2 rings (SSSR count). The zero-order chi connectivity index (χ0) is 12.8. The smallest absolute Gasteiger partial charge is 0.276 e. The Hall–Kier alpha value is -1.32. The zero-order valence-electron chi connectivity index (χ0n) is 9.47. The van der Waals surface area contributed by atoms with E-state index in [2.05, 4.69) is 32.2 Å². The molecule has 0 spiro atoms. The molecule has 4 nitrogen and oxygen atoms in total. The first-order chi connectivity index (χ1) is 8.79. The van der Waals surface area contributed by atoms with Gasteiger partial charge in [0.2, 0.25) is 5.89 Å². The number of unbranched alkanes of at least 4 members (excludes halogenated alkanes) is 1. The van der Waals surface area contributed by atoms with Crippen molar-refractivity contribution in [2.75, 3.05) is 5.75 Å². The van der Waals surface area contributed by atoms with E-state index >= 15 is 0 Å². The van der Waals surface area contributed by atoms with Gasteiger partial charge in [0.05, 0.1) is 6.07 Å². The Morgan fingerprint density at radius 2 is 2.06 bits per heavy atom. The summed E-state index contributed by atoms with van der Waals surface area (Å²) in [7, 11) is 0. The molecule has 0 amide bonds. The minimum absolute atomic E-state index is 0.519. The Morgan fingerprint density at radius 3 is 2.78 bits per heavy atom. The molecule has 0 aliphatic rings. The maximum Gasteiger partial charge on any atom is 0.276 e. The molecule has 1 aromatic carbocycles. The van der Waals surface area contributed by atoms with Crippen molar-refractivity contribution in [2.45, 2.75) is 18.1 Å². The molecule has 0 saturated heterocycles. The fraction of sp³-hybridized carbons (Fsp3) is 0.250. The van der Waals surface area contributed by atoms with Crippen molar-refractivity contribution in [3.05, 3.63) is 28.7 Å². The Labute approximate surface area is 118 Å². The van der Waals surface area contributed by atoms with Crippen LogP contribution in [0.25, 0.3) is 11.5 Å². The molecule has 6 heteroatoms. The summed E-state index contributed by atoms with van der Waals surface area (Å²) in [4.78, 5) is 0. The Morgan fingerprint density at radius 1 is 1.28 bits per heavy atom. The number of hydrogen-bond donors (Lipinski definition) is 0. The average molecular weight is 324 g/mol. The average Bonchev–Trinajstić information content (AvgIpc) is 2.84. The van der Waals surface area contributed by atoms with Crippen molar-refractivity contribution in [3.63, 3.8) is 0 Å². The van der Waals surface area contributed by atoms with Gasteiger partial charge in [-0.2, -0.15) is 5.26 Å². The normalized spacial score (nSPS) is 10.2. The highest BCUT2D eigenvalue weighted by atomic mass is 79.9. The minimum atomic E-state index is 0.519. The minimum Gasteiger partial charge on any atom is -0.411 e. The van der Waals surface area contributed by atoms with E-state index in [1.165, 1.54) is 11.8 Å². The molecular weight excluding hydrogens is 314 g/mol. The standard InChI is InChI=1S/C12H10BrN3OS/c13-10-5-3-9(4-6-10)11-15-16-12(17-11)18-8-2-1-7-14/h3-6H,1-2,8H2. The van der Waals surface area contributed by atoms with Crippen LogP contribution in [0.15, 0.2) is 38.4 Å². The topological polar surface area (TPSA) is 62.7 Å². The van der Waals surface area contributed by atoms with Gasteiger partial charge in [-0.05, 0) is 30.7 Å². The van der Waals surface area contributed by atoms with E-state index in [1.54, 1.807) is 0 Å². The second kappa shape index (κ2) is 6.57. The van der Waals surface area contributed by atoms with E-state index in [-0.39, 0.29) is 0 Å². The van der Waals surface area contributed by atoms with Crippen LogP contribution in [0.5, 0.6) is 0 Å². The quantitative estimate of drug-likeness (QED) is 0.617. The van der Waals surface area contributed by atoms with Crippen molar-refractivity contribution < 1.29 is 4.42 Å².